The Morgan fingerprint density at radius 3 is 2.65 bits per heavy atom. The molecule has 2 rings (SSSR count). The average molecular weight is 236 g/mol. The lowest BCUT2D eigenvalue weighted by Crippen LogP contribution is -2.35. The number of aryl methyl sites for hydroxylation is 1. The second-order valence-electron chi connectivity index (χ2n) is 5.65. The zero-order valence-electron chi connectivity index (χ0n) is 11.2. The minimum atomic E-state index is -0.641. The molecule has 3 heteroatoms. The molecule has 0 radical (unpaired) electrons. The summed E-state index contributed by atoms with van der Waals surface area (Å²) < 4.78 is 1.93. The molecule has 1 saturated carbocycles. The second kappa shape index (κ2) is 4.81. The molecule has 1 aliphatic carbocycles. The summed E-state index contributed by atoms with van der Waals surface area (Å²) in [6.45, 7) is 7.47. The lowest BCUT2D eigenvalue weighted by atomic mass is 9.73. The molecule has 0 atom stereocenters. The lowest BCUT2D eigenvalue weighted by Gasteiger charge is -2.37. The fraction of sp³-hybridized carbons (Fsp3) is 0.786. The molecule has 0 aromatic carbocycles. The van der Waals surface area contributed by atoms with E-state index in [1.165, 1.54) is 0 Å². The van der Waals surface area contributed by atoms with Crippen molar-refractivity contribution >= 4 is 0 Å². The third-order valence-corrected chi connectivity index (χ3v) is 4.29. The number of aliphatic hydroxyl groups is 1. The van der Waals surface area contributed by atoms with Gasteiger partial charge in [-0.2, -0.15) is 5.10 Å². The fourth-order valence-electron chi connectivity index (χ4n) is 3.02. The molecule has 1 aromatic rings. The predicted molar refractivity (Wildman–Crippen MR) is 68.6 cm³/mol. The molecule has 1 N–H and O–H groups in total. The van der Waals surface area contributed by atoms with Gasteiger partial charge in [-0.25, -0.2) is 0 Å². The summed E-state index contributed by atoms with van der Waals surface area (Å²) in [5, 5.41) is 15.0. The Kier molecular flexibility index (Phi) is 3.57. The highest BCUT2D eigenvalue weighted by atomic mass is 16.3. The topological polar surface area (TPSA) is 38.0 Å². The summed E-state index contributed by atoms with van der Waals surface area (Å²) in [4.78, 5) is 0. The van der Waals surface area contributed by atoms with Crippen LogP contribution in [0.25, 0.3) is 0 Å². The van der Waals surface area contributed by atoms with Crippen LogP contribution in [0.1, 0.15) is 52.1 Å². The van der Waals surface area contributed by atoms with Crippen molar-refractivity contribution < 1.29 is 5.11 Å². The molecule has 1 aromatic heterocycles. The van der Waals surface area contributed by atoms with Crippen molar-refractivity contribution in [2.75, 3.05) is 0 Å². The largest absolute Gasteiger partial charge is 0.384 e. The normalized spacial score (nSPS) is 29.8. The molecule has 0 aliphatic heterocycles. The zero-order chi connectivity index (χ0) is 12.5. The Labute approximate surface area is 104 Å². The monoisotopic (exact) mass is 236 g/mol. The Bertz CT molecular complexity index is 362. The van der Waals surface area contributed by atoms with Crippen LogP contribution in [0.5, 0.6) is 0 Å². The van der Waals surface area contributed by atoms with Gasteiger partial charge >= 0.3 is 0 Å². The van der Waals surface area contributed by atoms with Crippen LogP contribution in [0, 0.1) is 11.8 Å². The maximum Gasteiger partial charge on any atom is 0.106 e. The molecular formula is C14H24N2O. The highest BCUT2D eigenvalue weighted by molar-refractivity contribution is 5.13. The molecule has 96 valence electrons. The number of hydrogen-bond acceptors (Lipinski definition) is 2. The SMILES string of the molecule is CCn1nccc1C1(O)CCC(C(C)C)CC1. The maximum absolute atomic E-state index is 10.8. The van der Waals surface area contributed by atoms with E-state index >= 15 is 0 Å². The van der Waals surface area contributed by atoms with E-state index in [9.17, 15) is 5.11 Å². The molecule has 0 amide bonds. The highest BCUT2D eigenvalue weighted by Crippen LogP contribution is 2.41. The van der Waals surface area contributed by atoms with Gasteiger partial charge in [-0.15, -0.1) is 0 Å². The molecule has 1 heterocycles. The van der Waals surface area contributed by atoms with E-state index in [2.05, 4.69) is 25.9 Å². The number of nitrogens with zero attached hydrogens (tertiary/aromatic N) is 2. The van der Waals surface area contributed by atoms with Gasteiger partial charge in [0.2, 0.25) is 0 Å². The van der Waals surface area contributed by atoms with Gasteiger partial charge in [-0.3, -0.25) is 4.68 Å². The summed E-state index contributed by atoms with van der Waals surface area (Å²) in [6.07, 6.45) is 5.81. The summed E-state index contributed by atoms with van der Waals surface area (Å²) >= 11 is 0. The highest BCUT2D eigenvalue weighted by Gasteiger charge is 2.37. The summed E-state index contributed by atoms with van der Waals surface area (Å²) in [5.41, 5.74) is 0.361. The van der Waals surface area contributed by atoms with Crippen LogP contribution in [0.2, 0.25) is 0 Å². The van der Waals surface area contributed by atoms with Crippen LogP contribution in [0.4, 0.5) is 0 Å². The summed E-state index contributed by atoms with van der Waals surface area (Å²) in [5.74, 6) is 1.50. The minimum absolute atomic E-state index is 0.641. The first kappa shape index (κ1) is 12.6. The van der Waals surface area contributed by atoms with Gasteiger partial charge in [0.25, 0.3) is 0 Å². The van der Waals surface area contributed by atoms with E-state index in [0.717, 1.165) is 49.8 Å². The van der Waals surface area contributed by atoms with Gasteiger partial charge in [0.15, 0.2) is 0 Å². The van der Waals surface area contributed by atoms with Crippen molar-refractivity contribution in [1.29, 1.82) is 0 Å². The van der Waals surface area contributed by atoms with Gasteiger partial charge < -0.3 is 5.11 Å². The number of aromatic nitrogens is 2. The molecule has 17 heavy (non-hydrogen) atoms. The third kappa shape index (κ3) is 2.39. The summed E-state index contributed by atoms with van der Waals surface area (Å²) in [6, 6.07) is 1.97. The van der Waals surface area contributed by atoms with Crippen molar-refractivity contribution in [1.82, 2.24) is 9.78 Å². The first-order valence-corrected chi connectivity index (χ1v) is 6.81. The number of hydrogen-bond donors (Lipinski definition) is 1. The van der Waals surface area contributed by atoms with Gasteiger partial charge in [-0.05, 0) is 50.5 Å². The first-order chi connectivity index (χ1) is 8.07. The van der Waals surface area contributed by atoms with Crippen LogP contribution in [-0.2, 0) is 12.1 Å². The van der Waals surface area contributed by atoms with Crippen LogP contribution < -0.4 is 0 Å². The van der Waals surface area contributed by atoms with Gasteiger partial charge in [0.05, 0.1) is 5.69 Å². The molecule has 0 bridgehead atoms. The Hall–Kier alpha value is -0.830. The molecule has 3 nitrogen and oxygen atoms in total. The van der Waals surface area contributed by atoms with Crippen LogP contribution in [-0.4, -0.2) is 14.9 Å². The average Bonchev–Trinajstić information content (AvgIpc) is 2.78. The Morgan fingerprint density at radius 1 is 1.47 bits per heavy atom. The van der Waals surface area contributed by atoms with Crippen LogP contribution in [0.15, 0.2) is 12.3 Å². The van der Waals surface area contributed by atoms with E-state index < -0.39 is 5.60 Å². The van der Waals surface area contributed by atoms with E-state index in [-0.39, 0.29) is 0 Å². The van der Waals surface area contributed by atoms with Crippen molar-refractivity contribution in [3.05, 3.63) is 18.0 Å². The molecule has 0 unspecified atom stereocenters. The van der Waals surface area contributed by atoms with Crippen molar-refractivity contribution in [3.8, 4) is 0 Å². The van der Waals surface area contributed by atoms with Crippen LogP contribution in [0.3, 0.4) is 0 Å². The fourth-order valence-corrected chi connectivity index (χ4v) is 3.02. The van der Waals surface area contributed by atoms with Crippen molar-refractivity contribution in [2.45, 2.75) is 58.6 Å². The smallest absolute Gasteiger partial charge is 0.106 e. The van der Waals surface area contributed by atoms with Crippen molar-refractivity contribution in [2.24, 2.45) is 11.8 Å². The van der Waals surface area contributed by atoms with E-state index in [4.69, 9.17) is 0 Å². The van der Waals surface area contributed by atoms with Crippen molar-refractivity contribution in [3.63, 3.8) is 0 Å². The molecule has 1 fully saturated rings. The standard InChI is InChI=1S/C14H24N2O/c1-4-16-13(7-10-15-16)14(17)8-5-12(6-9-14)11(2)3/h7,10-12,17H,4-6,8-9H2,1-3H3. The Balaban J connectivity index is 2.12. The predicted octanol–water partition coefficient (Wildman–Crippen LogP) is 2.94. The van der Waals surface area contributed by atoms with E-state index in [0.29, 0.717) is 0 Å². The van der Waals surface area contributed by atoms with Gasteiger partial charge in [0.1, 0.15) is 5.60 Å². The van der Waals surface area contributed by atoms with E-state index in [1.54, 1.807) is 6.20 Å². The molecule has 0 saturated heterocycles. The van der Waals surface area contributed by atoms with Crippen LogP contribution >= 0.6 is 0 Å². The summed E-state index contributed by atoms with van der Waals surface area (Å²) in [7, 11) is 0. The molecular weight excluding hydrogens is 212 g/mol. The number of rotatable bonds is 3. The molecule has 0 spiro atoms. The first-order valence-electron chi connectivity index (χ1n) is 6.81. The van der Waals surface area contributed by atoms with Gasteiger partial charge in [0, 0.05) is 12.7 Å². The van der Waals surface area contributed by atoms with E-state index in [1.807, 2.05) is 10.7 Å². The Morgan fingerprint density at radius 2 is 2.12 bits per heavy atom. The lowest BCUT2D eigenvalue weighted by molar-refractivity contribution is -0.0270. The second-order valence-corrected chi connectivity index (χ2v) is 5.65. The van der Waals surface area contributed by atoms with Gasteiger partial charge in [-0.1, -0.05) is 13.8 Å². The zero-order valence-corrected chi connectivity index (χ0v) is 11.2. The molecule has 1 aliphatic rings. The minimum Gasteiger partial charge on any atom is -0.384 e. The quantitative estimate of drug-likeness (QED) is 0.876. The maximum atomic E-state index is 10.8. The third-order valence-electron chi connectivity index (χ3n) is 4.29.